The smallest absolute Gasteiger partial charge is 0.163 e. The van der Waals surface area contributed by atoms with E-state index >= 15 is 0 Å². The van der Waals surface area contributed by atoms with Crippen LogP contribution in [0.3, 0.4) is 0 Å². The number of piperazine rings is 1. The number of hydrogen-bond acceptors (Lipinski definition) is 4. The highest BCUT2D eigenvalue weighted by molar-refractivity contribution is 5.57. The van der Waals surface area contributed by atoms with Crippen molar-refractivity contribution in [3.05, 3.63) is 54.1 Å². The summed E-state index contributed by atoms with van der Waals surface area (Å²) in [4.78, 5) is 2.26. The highest BCUT2D eigenvalue weighted by atomic mass is 19.1. The van der Waals surface area contributed by atoms with Crippen LogP contribution in [0, 0.1) is 0 Å². The zero-order valence-electron chi connectivity index (χ0n) is 15.5. The van der Waals surface area contributed by atoms with Gasteiger partial charge in [-0.2, -0.15) is 0 Å². The average Bonchev–Trinajstić information content (AvgIpc) is 2.72. The number of nitrogens with zero attached hydrogens (tertiary/aromatic N) is 1. The lowest BCUT2D eigenvalue weighted by atomic mass is 10.0. The molecule has 3 rings (SSSR count). The van der Waals surface area contributed by atoms with E-state index in [2.05, 4.69) is 34.5 Å². The predicted molar refractivity (Wildman–Crippen MR) is 104 cm³/mol. The molecule has 1 aliphatic rings. The van der Waals surface area contributed by atoms with Crippen LogP contribution in [-0.4, -0.2) is 52.2 Å². The Balaban J connectivity index is 1.72. The number of hydrogen-bond donors (Lipinski definition) is 1. The molecule has 0 aliphatic carbocycles. The highest BCUT2D eigenvalue weighted by Gasteiger charge is 2.22. The van der Waals surface area contributed by atoms with Crippen molar-refractivity contribution in [2.75, 3.05) is 45.0 Å². The number of alkyl halides is 2. The Labute approximate surface area is 159 Å². The van der Waals surface area contributed by atoms with Gasteiger partial charge in [0.25, 0.3) is 0 Å². The van der Waals surface area contributed by atoms with E-state index in [1.165, 1.54) is 12.7 Å². The third-order valence-electron chi connectivity index (χ3n) is 4.73. The average molecular weight is 376 g/mol. The molecular weight excluding hydrogens is 350 g/mol. The van der Waals surface area contributed by atoms with Crippen molar-refractivity contribution in [2.24, 2.45) is 0 Å². The van der Waals surface area contributed by atoms with Gasteiger partial charge in [-0.3, -0.25) is 0 Å². The second-order valence-corrected chi connectivity index (χ2v) is 6.67. The van der Waals surface area contributed by atoms with Crippen LogP contribution in [0.15, 0.2) is 48.5 Å². The molecule has 0 saturated carbocycles. The Morgan fingerprint density at radius 2 is 1.89 bits per heavy atom. The first-order valence-electron chi connectivity index (χ1n) is 9.22. The van der Waals surface area contributed by atoms with Gasteiger partial charge >= 0.3 is 0 Å². The predicted octanol–water partition coefficient (Wildman–Crippen LogP) is 3.40. The van der Waals surface area contributed by atoms with Gasteiger partial charge in [-0.25, -0.2) is 8.78 Å². The molecule has 0 amide bonds. The van der Waals surface area contributed by atoms with Gasteiger partial charge in [0.05, 0.1) is 7.11 Å². The van der Waals surface area contributed by atoms with Crippen LogP contribution in [-0.2, 0) is 6.42 Å². The third-order valence-corrected chi connectivity index (χ3v) is 4.73. The Bertz CT molecular complexity index is 711. The van der Waals surface area contributed by atoms with Crippen molar-refractivity contribution < 1.29 is 18.3 Å². The van der Waals surface area contributed by atoms with E-state index in [0.29, 0.717) is 17.5 Å². The summed E-state index contributed by atoms with van der Waals surface area (Å²) in [6.45, 7) is 0.813. The number of halogens is 2. The maximum absolute atomic E-state index is 12.9. The Morgan fingerprint density at radius 1 is 1.11 bits per heavy atom. The number of benzene rings is 2. The van der Waals surface area contributed by atoms with E-state index in [1.807, 2.05) is 18.2 Å². The maximum atomic E-state index is 12.9. The van der Waals surface area contributed by atoms with Crippen LogP contribution in [0.1, 0.15) is 5.56 Å². The summed E-state index contributed by atoms with van der Waals surface area (Å²) in [6, 6.07) is 16.3. The van der Waals surface area contributed by atoms with Gasteiger partial charge in [-0.1, -0.05) is 30.3 Å². The molecule has 1 unspecified atom stereocenters. The summed E-state index contributed by atoms with van der Waals surface area (Å²) in [5.74, 6) is 0.843. The van der Waals surface area contributed by atoms with Gasteiger partial charge < -0.3 is 19.7 Å². The standard InChI is InChI=1S/C21H26F2N2O2/c1-26-20-8-7-18(12-21(20)27-19(13-22)14-23)25-10-9-24-17(15-25)11-16-5-3-2-4-6-16/h2-8,12,17,19,24H,9-11,13-15H2,1H3. The fraction of sp³-hybridized carbons (Fsp3) is 0.429. The van der Waals surface area contributed by atoms with Crippen molar-refractivity contribution >= 4 is 5.69 Å². The van der Waals surface area contributed by atoms with Crippen LogP contribution >= 0.6 is 0 Å². The van der Waals surface area contributed by atoms with Gasteiger partial charge in [0.15, 0.2) is 17.6 Å². The van der Waals surface area contributed by atoms with E-state index in [4.69, 9.17) is 9.47 Å². The monoisotopic (exact) mass is 376 g/mol. The molecule has 2 aromatic rings. The first-order chi connectivity index (χ1) is 13.2. The molecule has 1 atom stereocenters. The first-order valence-corrected chi connectivity index (χ1v) is 9.22. The zero-order chi connectivity index (χ0) is 19.1. The van der Waals surface area contributed by atoms with Crippen molar-refractivity contribution in [1.29, 1.82) is 0 Å². The SMILES string of the molecule is COc1ccc(N2CCNC(Cc3ccccc3)C2)cc1OC(CF)CF. The minimum Gasteiger partial charge on any atom is -0.493 e. The fourth-order valence-corrected chi connectivity index (χ4v) is 3.33. The molecule has 0 aromatic heterocycles. The quantitative estimate of drug-likeness (QED) is 0.766. The van der Waals surface area contributed by atoms with Gasteiger partial charge in [0, 0.05) is 37.4 Å². The Morgan fingerprint density at radius 3 is 2.59 bits per heavy atom. The molecule has 27 heavy (non-hydrogen) atoms. The summed E-state index contributed by atoms with van der Waals surface area (Å²) >= 11 is 0. The third kappa shape index (κ3) is 5.10. The first kappa shape index (κ1) is 19.4. The van der Waals surface area contributed by atoms with Crippen LogP contribution in [0.4, 0.5) is 14.5 Å². The maximum Gasteiger partial charge on any atom is 0.163 e. The molecule has 0 bridgehead atoms. The van der Waals surface area contributed by atoms with E-state index in [1.54, 1.807) is 6.07 Å². The molecule has 1 fully saturated rings. The van der Waals surface area contributed by atoms with Gasteiger partial charge in [0.2, 0.25) is 0 Å². The summed E-state index contributed by atoms with van der Waals surface area (Å²) in [6.07, 6.45) is -0.161. The summed E-state index contributed by atoms with van der Waals surface area (Å²) in [7, 11) is 1.52. The molecule has 6 heteroatoms. The number of ether oxygens (including phenoxy) is 2. The minimum absolute atomic E-state index is 0.331. The molecule has 1 heterocycles. The molecule has 2 aromatic carbocycles. The number of nitrogens with one attached hydrogen (secondary N) is 1. The largest absolute Gasteiger partial charge is 0.493 e. The van der Waals surface area contributed by atoms with Crippen molar-refractivity contribution in [2.45, 2.75) is 18.6 Å². The molecule has 1 aliphatic heterocycles. The van der Waals surface area contributed by atoms with Crippen molar-refractivity contribution in [3.8, 4) is 11.5 Å². The second-order valence-electron chi connectivity index (χ2n) is 6.67. The summed E-state index contributed by atoms with van der Waals surface area (Å²) in [5.41, 5.74) is 2.26. The van der Waals surface area contributed by atoms with Crippen LogP contribution in [0.2, 0.25) is 0 Å². The lowest BCUT2D eigenvalue weighted by Crippen LogP contribution is -2.51. The second kappa shape index (κ2) is 9.55. The number of anilines is 1. The molecule has 0 radical (unpaired) electrons. The van der Waals surface area contributed by atoms with Gasteiger partial charge in [0.1, 0.15) is 13.3 Å². The topological polar surface area (TPSA) is 33.7 Å². The molecule has 1 saturated heterocycles. The normalized spacial score (nSPS) is 17.2. The van der Waals surface area contributed by atoms with E-state index in [0.717, 1.165) is 31.7 Å². The minimum atomic E-state index is -1.11. The zero-order valence-corrected chi connectivity index (χ0v) is 15.5. The highest BCUT2D eigenvalue weighted by Crippen LogP contribution is 2.33. The Kier molecular flexibility index (Phi) is 6.87. The molecule has 1 N–H and O–H groups in total. The molecule has 4 nitrogen and oxygen atoms in total. The summed E-state index contributed by atoms with van der Waals surface area (Å²) in [5, 5.41) is 3.56. The summed E-state index contributed by atoms with van der Waals surface area (Å²) < 4.78 is 36.5. The van der Waals surface area contributed by atoms with E-state index in [-0.39, 0.29) is 0 Å². The van der Waals surface area contributed by atoms with Crippen molar-refractivity contribution in [3.63, 3.8) is 0 Å². The van der Waals surface area contributed by atoms with Crippen LogP contribution in [0.25, 0.3) is 0 Å². The lowest BCUT2D eigenvalue weighted by Gasteiger charge is -2.35. The number of rotatable bonds is 8. The number of methoxy groups -OCH3 is 1. The lowest BCUT2D eigenvalue weighted by molar-refractivity contribution is 0.129. The van der Waals surface area contributed by atoms with Gasteiger partial charge in [-0.05, 0) is 24.1 Å². The Hall–Kier alpha value is -2.34. The fourth-order valence-electron chi connectivity index (χ4n) is 3.33. The molecular formula is C21H26F2N2O2. The van der Waals surface area contributed by atoms with E-state index in [9.17, 15) is 8.78 Å². The van der Waals surface area contributed by atoms with Gasteiger partial charge in [-0.15, -0.1) is 0 Å². The molecule has 146 valence electrons. The van der Waals surface area contributed by atoms with Crippen molar-refractivity contribution in [1.82, 2.24) is 5.32 Å². The molecule has 0 spiro atoms. The van der Waals surface area contributed by atoms with E-state index < -0.39 is 19.5 Å². The van der Waals surface area contributed by atoms with Crippen LogP contribution in [0.5, 0.6) is 11.5 Å². The van der Waals surface area contributed by atoms with Crippen LogP contribution < -0.4 is 19.7 Å².